The molecule has 2 unspecified atom stereocenters. The lowest BCUT2D eigenvalue weighted by Crippen LogP contribution is -2.35. The molecular weight excluding hydrogens is 278 g/mol. The van der Waals surface area contributed by atoms with Gasteiger partial charge in [-0.1, -0.05) is 46.3 Å². The summed E-state index contributed by atoms with van der Waals surface area (Å²) in [6.07, 6.45) is 2.10. The lowest BCUT2D eigenvalue weighted by atomic mass is 10.00. The van der Waals surface area contributed by atoms with Crippen LogP contribution >= 0.6 is 15.9 Å². The second-order valence-electron chi connectivity index (χ2n) is 4.37. The highest BCUT2D eigenvalue weighted by molar-refractivity contribution is 9.09. The first-order valence-electron chi connectivity index (χ1n) is 6.06. The van der Waals surface area contributed by atoms with Crippen molar-refractivity contribution in [2.75, 3.05) is 5.33 Å². The van der Waals surface area contributed by atoms with Crippen LogP contribution in [0.2, 0.25) is 0 Å². The Labute approximate surface area is 112 Å². The van der Waals surface area contributed by atoms with Gasteiger partial charge in [-0.3, -0.25) is 4.79 Å². The third-order valence-electron chi connectivity index (χ3n) is 2.85. The van der Waals surface area contributed by atoms with Crippen molar-refractivity contribution in [3.63, 3.8) is 0 Å². The summed E-state index contributed by atoms with van der Waals surface area (Å²) in [5.41, 5.74) is 1.07. The molecule has 0 aliphatic rings. The van der Waals surface area contributed by atoms with Crippen LogP contribution < -0.4 is 5.32 Å². The van der Waals surface area contributed by atoms with E-state index in [0.29, 0.717) is 0 Å². The van der Waals surface area contributed by atoms with Crippen molar-refractivity contribution >= 4 is 21.8 Å². The number of carbonyl (C=O) groups excluding carboxylic acids is 1. The number of carbonyl (C=O) groups is 1. The predicted molar refractivity (Wildman–Crippen MR) is 75.5 cm³/mol. The van der Waals surface area contributed by atoms with Crippen LogP contribution in [0.3, 0.4) is 0 Å². The van der Waals surface area contributed by atoms with Gasteiger partial charge in [0.25, 0.3) is 0 Å². The third kappa shape index (κ3) is 4.90. The molecule has 3 heteroatoms. The van der Waals surface area contributed by atoms with Crippen molar-refractivity contribution in [2.45, 2.75) is 38.6 Å². The fourth-order valence-electron chi connectivity index (χ4n) is 1.72. The Kier molecular flexibility index (Phi) is 6.27. The third-order valence-corrected chi connectivity index (χ3v) is 3.41. The minimum absolute atomic E-state index is 0.0809. The predicted octanol–water partition coefficient (Wildman–Crippen LogP) is 3.47. The van der Waals surface area contributed by atoms with Crippen molar-refractivity contribution in [3.05, 3.63) is 35.9 Å². The lowest BCUT2D eigenvalue weighted by molar-refractivity contribution is -0.122. The van der Waals surface area contributed by atoms with Gasteiger partial charge in [-0.05, 0) is 32.3 Å². The highest BCUT2D eigenvalue weighted by atomic mass is 79.9. The van der Waals surface area contributed by atoms with Crippen molar-refractivity contribution in [1.82, 2.24) is 5.32 Å². The molecule has 0 aliphatic carbocycles. The van der Waals surface area contributed by atoms with Gasteiger partial charge in [0.1, 0.15) is 0 Å². The van der Waals surface area contributed by atoms with Crippen LogP contribution in [0.1, 0.15) is 38.2 Å². The molecule has 2 atom stereocenters. The maximum Gasteiger partial charge on any atom is 0.227 e. The molecule has 1 rings (SSSR count). The molecule has 0 aliphatic heterocycles. The van der Waals surface area contributed by atoms with E-state index >= 15 is 0 Å². The molecule has 0 saturated carbocycles. The van der Waals surface area contributed by atoms with Crippen LogP contribution in [-0.2, 0) is 4.79 Å². The monoisotopic (exact) mass is 297 g/mol. The van der Waals surface area contributed by atoms with E-state index in [1.54, 1.807) is 0 Å². The number of rotatable bonds is 6. The number of alkyl halides is 1. The van der Waals surface area contributed by atoms with Crippen molar-refractivity contribution in [2.24, 2.45) is 0 Å². The van der Waals surface area contributed by atoms with Gasteiger partial charge >= 0.3 is 0 Å². The number of amides is 1. The second kappa shape index (κ2) is 7.49. The topological polar surface area (TPSA) is 29.1 Å². The highest BCUT2D eigenvalue weighted by Crippen LogP contribution is 2.15. The molecule has 0 radical (unpaired) electrons. The summed E-state index contributed by atoms with van der Waals surface area (Å²) < 4.78 is 0. The molecule has 0 fully saturated rings. The van der Waals surface area contributed by atoms with E-state index in [2.05, 4.69) is 28.2 Å². The fourth-order valence-corrected chi connectivity index (χ4v) is 2.04. The van der Waals surface area contributed by atoms with Crippen LogP contribution in [0.25, 0.3) is 0 Å². The average Bonchev–Trinajstić information content (AvgIpc) is 2.36. The molecule has 1 aromatic rings. The molecule has 0 bridgehead atoms. The Balaban J connectivity index is 2.47. The van der Waals surface area contributed by atoms with Crippen molar-refractivity contribution < 1.29 is 4.79 Å². The van der Waals surface area contributed by atoms with Gasteiger partial charge in [0.2, 0.25) is 5.91 Å². The quantitative estimate of drug-likeness (QED) is 0.801. The van der Waals surface area contributed by atoms with Crippen LogP contribution in [-0.4, -0.2) is 17.3 Å². The molecule has 0 saturated heterocycles. The number of nitrogens with one attached hydrogen (secondary N) is 1. The van der Waals surface area contributed by atoms with Crippen LogP contribution in [0, 0.1) is 0 Å². The zero-order chi connectivity index (χ0) is 12.7. The molecule has 94 valence electrons. The summed E-state index contributed by atoms with van der Waals surface area (Å²) in [6.45, 7) is 4.00. The van der Waals surface area contributed by atoms with E-state index in [1.165, 1.54) is 0 Å². The zero-order valence-electron chi connectivity index (χ0n) is 10.4. The van der Waals surface area contributed by atoms with E-state index in [9.17, 15) is 4.79 Å². The summed E-state index contributed by atoms with van der Waals surface area (Å²) in [7, 11) is 0. The number of hydrogen-bond acceptors (Lipinski definition) is 1. The van der Waals surface area contributed by atoms with Gasteiger partial charge in [0, 0.05) is 11.4 Å². The van der Waals surface area contributed by atoms with Gasteiger partial charge in [-0.15, -0.1) is 0 Å². The molecule has 0 spiro atoms. The SMILES string of the molecule is CC(CCCBr)NC(=O)C(C)c1ccccc1. The first-order valence-corrected chi connectivity index (χ1v) is 7.18. The normalized spacial score (nSPS) is 14.1. The second-order valence-corrected chi connectivity index (χ2v) is 5.17. The van der Waals surface area contributed by atoms with Crippen LogP contribution in [0.5, 0.6) is 0 Å². The van der Waals surface area contributed by atoms with E-state index < -0.39 is 0 Å². The summed E-state index contributed by atoms with van der Waals surface area (Å²) in [4.78, 5) is 12.0. The van der Waals surface area contributed by atoms with E-state index in [4.69, 9.17) is 0 Å². The Morgan fingerprint density at radius 2 is 1.94 bits per heavy atom. The number of halogens is 1. The first-order chi connectivity index (χ1) is 8.15. The van der Waals surface area contributed by atoms with Gasteiger partial charge in [0.05, 0.1) is 5.92 Å². The molecule has 1 N–H and O–H groups in total. The number of hydrogen-bond donors (Lipinski definition) is 1. The Hall–Kier alpha value is -0.830. The standard InChI is InChI=1S/C14H20BrNO/c1-11(7-6-10-15)16-14(17)12(2)13-8-4-3-5-9-13/h3-5,8-9,11-12H,6-7,10H2,1-2H3,(H,16,17). The summed E-state index contributed by atoms with van der Waals surface area (Å²) in [6, 6.07) is 10.1. The first kappa shape index (κ1) is 14.2. The molecule has 1 aromatic carbocycles. The Bertz CT molecular complexity index is 339. The van der Waals surface area contributed by atoms with Gasteiger partial charge in [-0.2, -0.15) is 0 Å². The van der Waals surface area contributed by atoms with Crippen molar-refractivity contribution in [3.8, 4) is 0 Å². The van der Waals surface area contributed by atoms with E-state index in [-0.39, 0.29) is 17.9 Å². The average molecular weight is 298 g/mol. The summed E-state index contributed by atoms with van der Waals surface area (Å²) >= 11 is 3.40. The highest BCUT2D eigenvalue weighted by Gasteiger charge is 2.16. The minimum atomic E-state index is -0.0809. The molecular formula is C14H20BrNO. The zero-order valence-corrected chi connectivity index (χ0v) is 12.0. The van der Waals surface area contributed by atoms with Gasteiger partial charge in [0.15, 0.2) is 0 Å². The largest absolute Gasteiger partial charge is 0.353 e. The van der Waals surface area contributed by atoms with Crippen molar-refractivity contribution in [1.29, 1.82) is 0 Å². The molecule has 0 aromatic heterocycles. The summed E-state index contributed by atoms with van der Waals surface area (Å²) in [5, 5.41) is 4.04. The van der Waals surface area contributed by atoms with E-state index in [1.807, 2.05) is 37.3 Å². The Morgan fingerprint density at radius 3 is 2.53 bits per heavy atom. The molecule has 17 heavy (non-hydrogen) atoms. The molecule has 1 amide bonds. The van der Waals surface area contributed by atoms with Crippen LogP contribution in [0.15, 0.2) is 30.3 Å². The molecule has 0 heterocycles. The molecule has 2 nitrogen and oxygen atoms in total. The van der Waals surface area contributed by atoms with Gasteiger partial charge < -0.3 is 5.32 Å². The smallest absolute Gasteiger partial charge is 0.227 e. The van der Waals surface area contributed by atoms with Crippen LogP contribution in [0.4, 0.5) is 0 Å². The summed E-state index contributed by atoms with van der Waals surface area (Å²) in [5.74, 6) is 0.0286. The number of benzene rings is 1. The minimum Gasteiger partial charge on any atom is -0.353 e. The maximum absolute atomic E-state index is 12.0. The maximum atomic E-state index is 12.0. The lowest BCUT2D eigenvalue weighted by Gasteiger charge is -2.17. The fraction of sp³-hybridized carbons (Fsp3) is 0.500. The van der Waals surface area contributed by atoms with E-state index in [0.717, 1.165) is 23.7 Å². The Morgan fingerprint density at radius 1 is 1.29 bits per heavy atom. The van der Waals surface area contributed by atoms with Gasteiger partial charge in [-0.25, -0.2) is 0 Å².